The molecule has 88 valence electrons. The summed E-state index contributed by atoms with van der Waals surface area (Å²) in [5, 5.41) is 2.85. The Balaban J connectivity index is 2.51. The van der Waals surface area contributed by atoms with Crippen LogP contribution in [0.5, 0.6) is 0 Å². The van der Waals surface area contributed by atoms with Gasteiger partial charge in [0.2, 0.25) is 5.91 Å². The number of nitrogens with one attached hydrogen (secondary N) is 1. The molecule has 0 radical (unpaired) electrons. The summed E-state index contributed by atoms with van der Waals surface area (Å²) in [4.78, 5) is 15.7. The molecule has 1 aromatic heterocycles. The predicted molar refractivity (Wildman–Crippen MR) is 65.1 cm³/mol. The van der Waals surface area contributed by atoms with Gasteiger partial charge in [0.05, 0.1) is 0 Å². The Morgan fingerprint density at radius 1 is 1.62 bits per heavy atom. The zero-order chi connectivity index (χ0) is 12.0. The number of hydrogen-bond acceptors (Lipinski definition) is 3. The second kappa shape index (κ2) is 6.23. The van der Waals surface area contributed by atoms with Crippen LogP contribution in [0.1, 0.15) is 25.5 Å². The summed E-state index contributed by atoms with van der Waals surface area (Å²) >= 11 is 0. The molecule has 0 bridgehead atoms. The van der Waals surface area contributed by atoms with Gasteiger partial charge in [-0.15, -0.1) is 0 Å². The van der Waals surface area contributed by atoms with Gasteiger partial charge in [-0.25, -0.2) is 0 Å². The zero-order valence-corrected chi connectivity index (χ0v) is 9.86. The van der Waals surface area contributed by atoms with Crippen molar-refractivity contribution in [3.63, 3.8) is 0 Å². The summed E-state index contributed by atoms with van der Waals surface area (Å²) in [7, 11) is 0. The molecule has 0 aliphatic heterocycles. The average molecular weight is 221 g/mol. The maximum Gasteiger partial charge on any atom is 0.224 e. The summed E-state index contributed by atoms with van der Waals surface area (Å²) < 4.78 is 0. The van der Waals surface area contributed by atoms with E-state index in [1.807, 2.05) is 19.9 Å². The van der Waals surface area contributed by atoms with Crippen LogP contribution in [0.3, 0.4) is 0 Å². The highest BCUT2D eigenvalue weighted by Crippen LogP contribution is 2.11. The number of pyridine rings is 1. The molecule has 0 saturated carbocycles. The van der Waals surface area contributed by atoms with E-state index in [1.165, 1.54) is 0 Å². The third-order valence-electron chi connectivity index (χ3n) is 2.57. The van der Waals surface area contributed by atoms with Gasteiger partial charge < -0.3 is 11.1 Å². The molecule has 0 saturated heterocycles. The van der Waals surface area contributed by atoms with E-state index < -0.39 is 0 Å². The summed E-state index contributed by atoms with van der Waals surface area (Å²) in [5.74, 6) is 0.283. The lowest BCUT2D eigenvalue weighted by Crippen LogP contribution is -2.21. The number of nitrogens with two attached hydrogens (primary N) is 1. The fourth-order valence-electron chi connectivity index (χ4n) is 1.49. The lowest BCUT2D eigenvalue weighted by atomic mass is 10.0. The highest BCUT2D eigenvalue weighted by atomic mass is 16.1. The number of aromatic nitrogens is 1. The van der Waals surface area contributed by atoms with E-state index in [2.05, 4.69) is 10.3 Å². The number of anilines is 1. The average Bonchev–Trinajstić information content (AvgIpc) is 2.26. The first-order valence-electron chi connectivity index (χ1n) is 5.58. The third-order valence-corrected chi connectivity index (χ3v) is 2.57. The van der Waals surface area contributed by atoms with Crippen LogP contribution in [0.15, 0.2) is 18.3 Å². The minimum atomic E-state index is 0.0166. The van der Waals surface area contributed by atoms with Gasteiger partial charge >= 0.3 is 0 Å². The van der Waals surface area contributed by atoms with Crippen molar-refractivity contribution in [2.75, 3.05) is 11.9 Å². The first kappa shape index (κ1) is 12.6. The van der Waals surface area contributed by atoms with Crippen LogP contribution in [0.2, 0.25) is 0 Å². The molecule has 0 aromatic carbocycles. The van der Waals surface area contributed by atoms with E-state index in [4.69, 9.17) is 5.73 Å². The van der Waals surface area contributed by atoms with Crippen LogP contribution in [0.4, 0.5) is 5.69 Å². The number of rotatable bonds is 5. The molecule has 16 heavy (non-hydrogen) atoms. The monoisotopic (exact) mass is 221 g/mol. The summed E-state index contributed by atoms with van der Waals surface area (Å²) in [6.45, 7) is 4.49. The second-order valence-electron chi connectivity index (χ2n) is 3.95. The first-order valence-corrected chi connectivity index (χ1v) is 5.58. The highest BCUT2D eigenvalue weighted by Gasteiger charge is 2.10. The molecular formula is C12H19N3O. The first-order chi connectivity index (χ1) is 7.65. The number of hydrogen-bond donors (Lipinski definition) is 2. The lowest BCUT2D eigenvalue weighted by molar-refractivity contribution is -0.117. The molecule has 1 aromatic rings. The molecular weight excluding hydrogens is 202 g/mol. The van der Waals surface area contributed by atoms with Gasteiger partial charge in [-0.1, -0.05) is 13.3 Å². The van der Waals surface area contributed by atoms with Crippen LogP contribution in [0.25, 0.3) is 0 Å². The van der Waals surface area contributed by atoms with E-state index in [0.29, 0.717) is 13.0 Å². The van der Waals surface area contributed by atoms with Gasteiger partial charge in [-0.3, -0.25) is 9.78 Å². The molecule has 0 spiro atoms. The van der Waals surface area contributed by atoms with Crippen molar-refractivity contribution in [3.05, 3.63) is 24.0 Å². The molecule has 4 heteroatoms. The van der Waals surface area contributed by atoms with Gasteiger partial charge in [-0.2, -0.15) is 0 Å². The van der Waals surface area contributed by atoms with Crippen molar-refractivity contribution in [3.8, 4) is 0 Å². The summed E-state index contributed by atoms with van der Waals surface area (Å²) in [5.41, 5.74) is 7.25. The number of carbonyl (C=O) groups excluding carboxylic acids is 1. The molecule has 1 atom stereocenters. The van der Waals surface area contributed by atoms with Crippen molar-refractivity contribution < 1.29 is 4.79 Å². The normalized spacial score (nSPS) is 12.2. The van der Waals surface area contributed by atoms with Crippen LogP contribution in [-0.2, 0) is 4.79 Å². The quantitative estimate of drug-likeness (QED) is 0.795. The molecule has 4 nitrogen and oxygen atoms in total. The van der Waals surface area contributed by atoms with E-state index in [-0.39, 0.29) is 11.8 Å². The Kier molecular flexibility index (Phi) is 4.92. The number of nitrogens with zero attached hydrogens (tertiary/aromatic N) is 1. The smallest absolute Gasteiger partial charge is 0.224 e. The SMILES string of the molecule is CCC(CN)CC(=O)Nc1ccnc(C)c1. The van der Waals surface area contributed by atoms with E-state index in [1.54, 1.807) is 12.3 Å². The Hall–Kier alpha value is -1.42. The Morgan fingerprint density at radius 2 is 2.38 bits per heavy atom. The van der Waals surface area contributed by atoms with Gasteiger partial charge in [0.1, 0.15) is 0 Å². The van der Waals surface area contributed by atoms with Crippen LogP contribution < -0.4 is 11.1 Å². The number of aryl methyl sites for hydroxylation is 1. The second-order valence-corrected chi connectivity index (χ2v) is 3.95. The fourth-order valence-corrected chi connectivity index (χ4v) is 1.49. The van der Waals surface area contributed by atoms with E-state index in [9.17, 15) is 4.79 Å². The minimum absolute atomic E-state index is 0.0166. The summed E-state index contributed by atoms with van der Waals surface area (Å²) in [6.07, 6.45) is 3.10. The topological polar surface area (TPSA) is 68.0 Å². The Morgan fingerprint density at radius 3 is 2.94 bits per heavy atom. The van der Waals surface area contributed by atoms with Crippen molar-refractivity contribution >= 4 is 11.6 Å². The molecule has 0 fully saturated rings. The number of carbonyl (C=O) groups is 1. The maximum absolute atomic E-state index is 11.7. The highest BCUT2D eigenvalue weighted by molar-refractivity contribution is 5.90. The maximum atomic E-state index is 11.7. The van der Waals surface area contributed by atoms with E-state index in [0.717, 1.165) is 17.8 Å². The fraction of sp³-hybridized carbons (Fsp3) is 0.500. The van der Waals surface area contributed by atoms with Crippen LogP contribution in [-0.4, -0.2) is 17.4 Å². The van der Waals surface area contributed by atoms with E-state index >= 15 is 0 Å². The Labute approximate surface area is 96.3 Å². The van der Waals surface area contributed by atoms with Crippen LogP contribution in [0, 0.1) is 12.8 Å². The standard InChI is InChI=1S/C12H19N3O/c1-3-10(8-13)7-12(16)15-11-4-5-14-9(2)6-11/h4-6,10H,3,7-8,13H2,1-2H3,(H,14,15,16). The lowest BCUT2D eigenvalue weighted by Gasteiger charge is -2.12. The molecule has 0 aliphatic rings. The zero-order valence-electron chi connectivity index (χ0n) is 9.86. The molecule has 1 heterocycles. The predicted octanol–water partition coefficient (Wildman–Crippen LogP) is 1.70. The Bertz CT molecular complexity index is 348. The minimum Gasteiger partial charge on any atom is -0.330 e. The van der Waals surface area contributed by atoms with Crippen molar-refractivity contribution in [1.29, 1.82) is 0 Å². The van der Waals surface area contributed by atoms with Crippen molar-refractivity contribution in [2.24, 2.45) is 11.7 Å². The van der Waals surface area contributed by atoms with Gasteiger partial charge in [0, 0.05) is 24.0 Å². The third kappa shape index (κ3) is 3.98. The van der Waals surface area contributed by atoms with Crippen LogP contribution >= 0.6 is 0 Å². The summed E-state index contributed by atoms with van der Waals surface area (Å²) in [6, 6.07) is 3.63. The molecule has 1 unspecified atom stereocenters. The van der Waals surface area contributed by atoms with Gasteiger partial charge in [0.15, 0.2) is 0 Å². The van der Waals surface area contributed by atoms with Crippen molar-refractivity contribution in [2.45, 2.75) is 26.7 Å². The van der Waals surface area contributed by atoms with Gasteiger partial charge in [-0.05, 0) is 31.5 Å². The molecule has 3 N–H and O–H groups in total. The number of amides is 1. The molecule has 1 rings (SSSR count). The van der Waals surface area contributed by atoms with Gasteiger partial charge in [0.25, 0.3) is 0 Å². The molecule has 0 aliphatic carbocycles. The van der Waals surface area contributed by atoms with Crippen molar-refractivity contribution in [1.82, 2.24) is 4.98 Å². The largest absolute Gasteiger partial charge is 0.330 e. The molecule has 1 amide bonds.